The average Bonchev–Trinajstić information content (AvgIpc) is 2.91. The molecule has 0 aliphatic rings. The molecular weight excluding hydrogens is 266 g/mol. The average molecular weight is 277 g/mol. The van der Waals surface area contributed by atoms with Crippen molar-refractivity contribution < 1.29 is 14.8 Å². The minimum absolute atomic E-state index is 0.162. The third kappa shape index (κ3) is 2.88. The molecule has 2 rings (SSSR count). The van der Waals surface area contributed by atoms with Crippen molar-refractivity contribution in [3.63, 3.8) is 0 Å². The van der Waals surface area contributed by atoms with Crippen LogP contribution in [0.15, 0.2) is 30.6 Å². The van der Waals surface area contributed by atoms with Crippen molar-refractivity contribution in [1.29, 1.82) is 0 Å². The smallest absolute Gasteiger partial charge is 0.342 e. The highest BCUT2D eigenvalue weighted by Gasteiger charge is 2.23. The number of aromatic nitrogens is 3. The number of nitro groups is 1. The zero-order chi connectivity index (χ0) is 14.5. The van der Waals surface area contributed by atoms with Gasteiger partial charge in [0.2, 0.25) is 0 Å². The first-order chi connectivity index (χ1) is 9.59. The highest BCUT2D eigenvalue weighted by Crippen LogP contribution is 2.28. The molecule has 0 saturated carbocycles. The van der Waals surface area contributed by atoms with Crippen LogP contribution in [-0.2, 0) is 6.54 Å². The Morgan fingerprint density at radius 2 is 2.30 bits per heavy atom. The van der Waals surface area contributed by atoms with Gasteiger partial charge < -0.3 is 10.4 Å². The second-order valence-electron chi connectivity index (χ2n) is 3.86. The summed E-state index contributed by atoms with van der Waals surface area (Å²) in [7, 11) is 0. The van der Waals surface area contributed by atoms with E-state index in [0.717, 1.165) is 0 Å². The molecule has 0 unspecified atom stereocenters. The maximum absolute atomic E-state index is 11.0. The van der Waals surface area contributed by atoms with Gasteiger partial charge >= 0.3 is 11.7 Å². The summed E-state index contributed by atoms with van der Waals surface area (Å²) in [4.78, 5) is 21.3. The van der Waals surface area contributed by atoms with E-state index >= 15 is 0 Å². The number of hydrogen-bond acceptors (Lipinski definition) is 6. The minimum atomic E-state index is -1.34. The first-order valence-electron chi connectivity index (χ1n) is 5.68. The molecule has 2 N–H and O–H groups in total. The second-order valence-corrected chi connectivity index (χ2v) is 3.86. The standard InChI is InChI=1S/C11H11N5O4/c17-11(18)8-2-1-3-9(10(8)16(19)20)12-4-6-15-7-5-13-14-15/h1-3,5,7,12H,4,6H2,(H,17,18). The Kier molecular flexibility index (Phi) is 3.89. The Balaban J connectivity index is 2.16. The van der Waals surface area contributed by atoms with Crippen LogP contribution in [0, 0.1) is 10.1 Å². The van der Waals surface area contributed by atoms with E-state index in [1.807, 2.05) is 0 Å². The maximum Gasteiger partial charge on any atom is 0.342 e. The van der Waals surface area contributed by atoms with Crippen LogP contribution < -0.4 is 5.32 Å². The highest BCUT2D eigenvalue weighted by atomic mass is 16.6. The fourth-order valence-electron chi connectivity index (χ4n) is 1.71. The summed E-state index contributed by atoms with van der Waals surface area (Å²) in [6.45, 7) is 0.807. The SMILES string of the molecule is O=C(O)c1cccc(NCCn2ccnn2)c1[N+](=O)[O-]. The van der Waals surface area contributed by atoms with Gasteiger partial charge in [0.15, 0.2) is 0 Å². The number of anilines is 1. The Hall–Kier alpha value is -2.97. The highest BCUT2D eigenvalue weighted by molar-refractivity contribution is 5.95. The largest absolute Gasteiger partial charge is 0.477 e. The van der Waals surface area contributed by atoms with Crippen LogP contribution in [0.1, 0.15) is 10.4 Å². The molecule has 0 fully saturated rings. The summed E-state index contributed by atoms with van der Waals surface area (Å²) in [6.07, 6.45) is 3.18. The molecule has 1 heterocycles. The third-order valence-corrected chi connectivity index (χ3v) is 2.58. The van der Waals surface area contributed by atoms with Gasteiger partial charge in [-0.15, -0.1) is 5.10 Å². The number of aromatic carboxylic acids is 1. The summed E-state index contributed by atoms with van der Waals surface area (Å²) in [6, 6.07) is 4.11. The number of benzene rings is 1. The van der Waals surface area contributed by atoms with Crippen molar-refractivity contribution in [2.45, 2.75) is 6.54 Å². The molecule has 1 aromatic carbocycles. The molecule has 9 heteroatoms. The van der Waals surface area contributed by atoms with Gasteiger partial charge in [-0.3, -0.25) is 14.8 Å². The normalized spacial score (nSPS) is 10.2. The van der Waals surface area contributed by atoms with Crippen molar-refractivity contribution in [1.82, 2.24) is 15.0 Å². The molecule has 0 saturated heterocycles. The van der Waals surface area contributed by atoms with Crippen LogP contribution in [0.2, 0.25) is 0 Å². The van der Waals surface area contributed by atoms with E-state index in [2.05, 4.69) is 15.6 Å². The monoisotopic (exact) mass is 277 g/mol. The fraction of sp³-hybridized carbons (Fsp3) is 0.182. The van der Waals surface area contributed by atoms with E-state index in [9.17, 15) is 14.9 Å². The van der Waals surface area contributed by atoms with Crippen LogP contribution in [-0.4, -0.2) is 37.5 Å². The Morgan fingerprint density at radius 3 is 2.90 bits per heavy atom. The van der Waals surface area contributed by atoms with Gasteiger partial charge in [-0.1, -0.05) is 11.3 Å². The number of hydrogen-bond donors (Lipinski definition) is 2. The van der Waals surface area contributed by atoms with Gasteiger partial charge in [0.1, 0.15) is 11.3 Å². The van der Waals surface area contributed by atoms with Crippen molar-refractivity contribution in [3.8, 4) is 0 Å². The van der Waals surface area contributed by atoms with Crippen molar-refractivity contribution in [2.24, 2.45) is 0 Å². The van der Waals surface area contributed by atoms with Crippen molar-refractivity contribution in [2.75, 3.05) is 11.9 Å². The number of carboxylic acids is 1. The summed E-state index contributed by atoms with van der Waals surface area (Å²) in [5, 5.41) is 30.2. The number of rotatable bonds is 6. The lowest BCUT2D eigenvalue weighted by molar-refractivity contribution is -0.384. The molecule has 0 radical (unpaired) electrons. The molecule has 0 aliphatic heterocycles. The van der Waals surface area contributed by atoms with E-state index < -0.39 is 16.6 Å². The summed E-state index contributed by atoms with van der Waals surface area (Å²) < 4.78 is 1.56. The van der Waals surface area contributed by atoms with Gasteiger partial charge in [-0.25, -0.2) is 4.79 Å². The van der Waals surface area contributed by atoms with Gasteiger partial charge in [0.25, 0.3) is 0 Å². The summed E-state index contributed by atoms with van der Waals surface area (Å²) in [5.41, 5.74) is -0.630. The topological polar surface area (TPSA) is 123 Å². The van der Waals surface area contributed by atoms with Crippen LogP contribution in [0.3, 0.4) is 0 Å². The van der Waals surface area contributed by atoms with E-state index in [4.69, 9.17) is 5.11 Å². The van der Waals surface area contributed by atoms with Crippen molar-refractivity contribution in [3.05, 3.63) is 46.3 Å². The molecular formula is C11H11N5O4. The molecule has 0 atom stereocenters. The number of carboxylic acid groups (broad SMARTS) is 1. The van der Waals surface area contributed by atoms with E-state index in [1.54, 1.807) is 10.9 Å². The minimum Gasteiger partial charge on any atom is -0.477 e. The second kappa shape index (κ2) is 5.78. The molecule has 104 valence electrons. The lowest BCUT2D eigenvalue weighted by Crippen LogP contribution is -2.13. The molecule has 1 aromatic heterocycles. The number of carbonyl (C=O) groups is 1. The zero-order valence-corrected chi connectivity index (χ0v) is 10.3. The van der Waals surface area contributed by atoms with Crippen LogP contribution in [0.5, 0.6) is 0 Å². The van der Waals surface area contributed by atoms with E-state index in [-0.39, 0.29) is 11.3 Å². The third-order valence-electron chi connectivity index (χ3n) is 2.58. The molecule has 0 aliphatic carbocycles. The van der Waals surface area contributed by atoms with Crippen LogP contribution >= 0.6 is 0 Å². The zero-order valence-electron chi connectivity index (χ0n) is 10.3. The van der Waals surface area contributed by atoms with Gasteiger partial charge in [0, 0.05) is 12.7 Å². The number of nitrogens with one attached hydrogen (secondary N) is 1. The Bertz CT molecular complexity index is 626. The number of nitro benzene ring substituents is 1. The van der Waals surface area contributed by atoms with Gasteiger partial charge in [-0.2, -0.15) is 0 Å². The number of nitrogens with zero attached hydrogens (tertiary/aromatic N) is 4. The lowest BCUT2D eigenvalue weighted by atomic mass is 10.1. The van der Waals surface area contributed by atoms with E-state index in [0.29, 0.717) is 13.1 Å². The van der Waals surface area contributed by atoms with Crippen LogP contribution in [0.25, 0.3) is 0 Å². The molecule has 0 amide bonds. The Labute approximate surface area is 113 Å². The fourth-order valence-corrected chi connectivity index (χ4v) is 1.71. The number of para-hydroxylation sites is 1. The first kappa shape index (κ1) is 13.5. The van der Waals surface area contributed by atoms with Gasteiger partial charge in [0.05, 0.1) is 17.7 Å². The molecule has 0 bridgehead atoms. The molecule has 20 heavy (non-hydrogen) atoms. The first-order valence-corrected chi connectivity index (χ1v) is 5.68. The van der Waals surface area contributed by atoms with Crippen LogP contribution in [0.4, 0.5) is 11.4 Å². The van der Waals surface area contributed by atoms with Crippen molar-refractivity contribution >= 4 is 17.3 Å². The molecule has 2 aromatic rings. The predicted molar refractivity (Wildman–Crippen MR) is 68.6 cm³/mol. The lowest BCUT2D eigenvalue weighted by Gasteiger charge is -2.08. The molecule has 0 spiro atoms. The van der Waals surface area contributed by atoms with E-state index in [1.165, 1.54) is 24.4 Å². The van der Waals surface area contributed by atoms with Gasteiger partial charge in [-0.05, 0) is 12.1 Å². The summed E-state index contributed by atoms with van der Waals surface area (Å²) in [5.74, 6) is -1.34. The maximum atomic E-state index is 11.0. The molecule has 9 nitrogen and oxygen atoms in total. The predicted octanol–water partition coefficient (Wildman–Crippen LogP) is 0.997. The Morgan fingerprint density at radius 1 is 1.50 bits per heavy atom. The quantitative estimate of drug-likeness (QED) is 0.596. The summed E-state index contributed by atoms with van der Waals surface area (Å²) >= 11 is 0.